The fourth-order valence-electron chi connectivity index (χ4n) is 6.30. The first kappa shape index (κ1) is 22.0. The molecule has 4 aliphatic rings. The van der Waals surface area contributed by atoms with Crippen molar-refractivity contribution in [2.24, 2.45) is 23.7 Å². The molecule has 7 atom stereocenters. The average molecular weight is 460 g/mol. The second kappa shape index (κ2) is 7.92. The SMILES string of the molecule is C[C@@H]1C(=O)N(C(=O)C2[C@@H](C)[C@H]2C)[C@H]2CCN(S(=O)(=O)N3CCCCC3c3ccccc3)[C@H]12. The zero-order chi connectivity index (χ0) is 22.8. The maximum absolute atomic E-state index is 13.9. The number of nitrogens with zero attached hydrogens (tertiary/aromatic N) is 3. The fraction of sp³-hybridized carbons (Fsp3) is 0.667. The molecule has 174 valence electrons. The molecular weight excluding hydrogens is 426 g/mol. The van der Waals surface area contributed by atoms with Gasteiger partial charge in [0.2, 0.25) is 11.8 Å². The molecule has 1 aliphatic carbocycles. The Labute approximate surface area is 190 Å². The highest BCUT2D eigenvalue weighted by atomic mass is 32.2. The van der Waals surface area contributed by atoms with Crippen LogP contribution in [0.25, 0.3) is 0 Å². The molecule has 0 bridgehead atoms. The van der Waals surface area contributed by atoms with Crippen molar-refractivity contribution in [3.05, 3.63) is 35.9 Å². The van der Waals surface area contributed by atoms with E-state index in [1.165, 1.54) is 9.21 Å². The number of imide groups is 1. The first-order chi connectivity index (χ1) is 15.2. The van der Waals surface area contributed by atoms with Gasteiger partial charge in [0, 0.05) is 19.0 Å². The third-order valence-corrected chi connectivity index (χ3v) is 10.5. The number of carbonyl (C=O) groups is 2. The van der Waals surface area contributed by atoms with Gasteiger partial charge in [0.25, 0.3) is 10.2 Å². The minimum absolute atomic E-state index is 0.103. The van der Waals surface area contributed by atoms with Crippen molar-refractivity contribution in [3.8, 4) is 0 Å². The van der Waals surface area contributed by atoms with Crippen LogP contribution in [0, 0.1) is 23.7 Å². The molecule has 8 heteroatoms. The number of likely N-dealkylation sites (tertiary alicyclic amines) is 1. The van der Waals surface area contributed by atoms with Crippen LogP contribution in [0.5, 0.6) is 0 Å². The number of fused-ring (bicyclic) bond motifs is 1. The van der Waals surface area contributed by atoms with Gasteiger partial charge >= 0.3 is 0 Å². The van der Waals surface area contributed by atoms with Crippen LogP contribution in [-0.4, -0.2) is 58.9 Å². The molecule has 1 aromatic rings. The van der Waals surface area contributed by atoms with Crippen LogP contribution in [-0.2, 0) is 19.8 Å². The molecule has 0 aromatic heterocycles. The van der Waals surface area contributed by atoms with Gasteiger partial charge < -0.3 is 0 Å². The van der Waals surface area contributed by atoms with E-state index in [0.29, 0.717) is 19.5 Å². The van der Waals surface area contributed by atoms with Crippen molar-refractivity contribution < 1.29 is 18.0 Å². The van der Waals surface area contributed by atoms with E-state index in [1.54, 1.807) is 11.2 Å². The second-order valence-electron chi connectivity index (χ2n) is 10.1. The van der Waals surface area contributed by atoms with E-state index in [9.17, 15) is 18.0 Å². The Hall–Kier alpha value is -1.77. The summed E-state index contributed by atoms with van der Waals surface area (Å²) < 4.78 is 31.0. The van der Waals surface area contributed by atoms with Crippen molar-refractivity contribution in [1.82, 2.24) is 13.5 Å². The maximum atomic E-state index is 13.9. The number of carbonyl (C=O) groups excluding carboxylic acids is 2. The summed E-state index contributed by atoms with van der Waals surface area (Å²) in [5.41, 5.74) is 1.01. The molecule has 1 aromatic carbocycles. The monoisotopic (exact) mass is 459 g/mol. The van der Waals surface area contributed by atoms with E-state index in [2.05, 4.69) is 0 Å². The molecular formula is C24H33N3O4S. The molecule has 0 spiro atoms. The summed E-state index contributed by atoms with van der Waals surface area (Å²) in [6, 6.07) is 8.81. The van der Waals surface area contributed by atoms with E-state index >= 15 is 0 Å². The normalized spacial score (nSPS) is 38.2. The van der Waals surface area contributed by atoms with Crippen LogP contribution in [0.1, 0.15) is 58.1 Å². The van der Waals surface area contributed by atoms with Gasteiger partial charge in [0.15, 0.2) is 0 Å². The number of benzene rings is 1. The van der Waals surface area contributed by atoms with E-state index in [-0.39, 0.29) is 41.7 Å². The van der Waals surface area contributed by atoms with Gasteiger partial charge in [0.1, 0.15) is 0 Å². The van der Waals surface area contributed by atoms with E-state index in [1.807, 2.05) is 44.2 Å². The standard InChI is InChI=1S/C24H33N3O4S/c1-15-16(2)21(15)24(29)27-20-12-14-26(22(20)17(3)23(27)28)32(30,31)25-13-8-7-11-19(25)18-9-5-4-6-10-18/h4-6,9-10,15-17,19-22H,7-8,11-14H2,1-3H3/t15-,16+,17-,19?,20-,21?,22+/m0/s1. The second-order valence-corrected chi connectivity index (χ2v) is 11.9. The molecule has 32 heavy (non-hydrogen) atoms. The topological polar surface area (TPSA) is 78.0 Å². The van der Waals surface area contributed by atoms with Gasteiger partial charge in [-0.05, 0) is 36.7 Å². The van der Waals surface area contributed by atoms with E-state index in [4.69, 9.17) is 0 Å². The lowest BCUT2D eigenvalue weighted by Crippen LogP contribution is -2.51. The van der Waals surface area contributed by atoms with Crippen molar-refractivity contribution in [2.45, 2.75) is 64.6 Å². The Kier molecular flexibility index (Phi) is 5.46. The predicted molar refractivity (Wildman–Crippen MR) is 120 cm³/mol. The minimum Gasteiger partial charge on any atom is -0.277 e. The van der Waals surface area contributed by atoms with Crippen LogP contribution in [0.15, 0.2) is 30.3 Å². The van der Waals surface area contributed by atoms with Crippen LogP contribution >= 0.6 is 0 Å². The molecule has 3 saturated heterocycles. The highest BCUT2D eigenvalue weighted by Crippen LogP contribution is 2.49. The van der Waals surface area contributed by atoms with Gasteiger partial charge in [-0.15, -0.1) is 0 Å². The zero-order valence-corrected chi connectivity index (χ0v) is 19.9. The Morgan fingerprint density at radius 2 is 1.62 bits per heavy atom. The Morgan fingerprint density at radius 1 is 0.938 bits per heavy atom. The van der Waals surface area contributed by atoms with Gasteiger partial charge in [-0.3, -0.25) is 14.5 Å². The predicted octanol–water partition coefficient (Wildman–Crippen LogP) is 2.81. The lowest BCUT2D eigenvalue weighted by molar-refractivity contribution is -0.146. The van der Waals surface area contributed by atoms with Gasteiger partial charge in [-0.2, -0.15) is 17.0 Å². The van der Waals surface area contributed by atoms with Crippen LogP contribution in [0.4, 0.5) is 0 Å². The van der Waals surface area contributed by atoms with Crippen molar-refractivity contribution in [1.29, 1.82) is 0 Å². The molecule has 2 unspecified atom stereocenters. The Bertz CT molecular complexity index is 1010. The summed E-state index contributed by atoms with van der Waals surface area (Å²) in [6.07, 6.45) is 3.14. The molecule has 3 heterocycles. The summed E-state index contributed by atoms with van der Waals surface area (Å²) >= 11 is 0. The smallest absolute Gasteiger partial charge is 0.277 e. The summed E-state index contributed by atoms with van der Waals surface area (Å²) in [5, 5.41) is 0. The number of hydrogen-bond acceptors (Lipinski definition) is 4. The number of rotatable bonds is 4. The molecule has 1 saturated carbocycles. The summed E-state index contributed by atoms with van der Waals surface area (Å²) in [6.45, 7) is 6.71. The molecule has 2 amide bonds. The summed E-state index contributed by atoms with van der Waals surface area (Å²) in [7, 11) is -3.77. The lowest BCUT2D eigenvalue weighted by atomic mass is 9.98. The quantitative estimate of drug-likeness (QED) is 0.649. The average Bonchev–Trinajstić information content (AvgIpc) is 3.11. The lowest BCUT2D eigenvalue weighted by Gasteiger charge is -2.39. The largest absolute Gasteiger partial charge is 0.282 e. The third kappa shape index (κ3) is 3.25. The van der Waals surface area contributed by atoms with Crippen LogP contribution in [0.2, 0.25) is 0 Å². The molecule has 0 radical (unpaired) electrons. The Morgan fingerprint density at radius 3 is 2.28 bits per heavy atom. The minimum atomic E-state index is -3.77. The molecule has 4 fully saturated rings. The van der Waals surface area contributed by atoms with Crippen LogP contribution in [0.3, 0.4) is 0 Å². The van der Waals surface area contributed by atoms with Gasteiger partial charge in [-0.25, -0.2) is 0 Å². The zero-order valence-electron chi connectivity index (χ0n) is 19.1. The van der Waals surface area contributed by atoms with Crippen molar-refractivity contribution in [3.63, 3.8) is 0 Å². The highest BCUT2D eigenvalue weighted by Gasteiger charge is 2.61. The van der Waals surface area contributed by atoms with Crippen LogP contribution < -0.4 is 0 Å². The number of hydrogen-bond donors (Lipinski definition) is 0. The number of amides is 2. The Balaban J connectivity index is 1.43. The van der Waals surface area contributed by atoms with E-state index in [0.717, 1.165) is 24.8 Å². The molecule has 5 rings (SSSR count). The summed E-state index contributed by atoms with van der Waals surface area (Å²) in [5.74, 6) is -0.370. The maximum Gasteiger partial charge on any atom is 0.282 e. The fourth-order valence-corrected chi connectivity index (χ4v) is 8.45. The highest BCUT2D eigenvalue weighted by molar-refractivity contribution is 7.86. The van der Waals surface area contributed by atoms with Gasteiger partial charge in [-0.1, -0.05) is 57.5 Å². The third-order valence-electron chi connectivity index (χ3n) is 8.42. The molecule has 3 aliphatic heterocycles. The van der Waals surface area contributed by atoms with Gasteiger partial charge in [0.05, 0.1) is 24.0 Å². The number of piperidine rings is 1. The van der Waals surface area contributed by atoms with E-state index < -0.39 is 22.2 Å². The van der Waals surface area contributed by atoms with Crippen molar-refractivity contribution >= 4 is 22.0 Å². The van der Waals surface area contributed by atoms with Crippen molar-refractivity contribution in [2.75, 3.05) is 13.1 Å². The molecule has 0 N–H and O–H groups in total. The molecule has 7 nitrogen and oxygen atoms in total. The first-order valence-electron chi connectivity index (χ1n) is 12.0. The first-order valence-corrected chi connectivity index (χ1v) is 13.3. The summed E-state index contributed by atoms with van der Waals surface area (Å²) in [4.78, 5) is 27.7.